The van der Waals surface area contributed by atoms with E-state index in [4.69, 9.17) is 10.3 Å². The number of carbonyl (C=O) groups is 1. The average molecular weight is 237 g/mol. The average Bonchev–Trinajstić information content (AvgIpc) is 2.96. The van der Waals surface area contributed by atoms with E-state index in [1.54, 1.807) is 6.07 Å². The topological polar surface area (TPSA) is 81.2 Å². The number of carbonyl (C=O) groups excluding carboxylic acids is 1. The third-order valence-electron chi connectivity index (χ3n) is 2.06. The highest BCUT2D eigenvalue weighted by Gasteiger charge is 2.16. The molecule has 0 aromatic carbocycles. The number of hydrogen-bond acceptors (Lipinski definition) is 5. The second-order valence-electron chi connectivity index (χ2n) is 3.19. The highest BCUT2D eigenvalue weighted by atomic mass is 32.1. The Balaban J connectivity index is 1.89. The molecule has 0 radical (unpaired) electrons. The van der Waals surface area contributed by atoms with Crippen molar-refractivity contribution < 1.29 is 9.32 Å². The predicted octanol–water partition coefficient (Wildman–Crippen LogP) is 1.05. The van der Waals surface area contributed by atoms with Gasteiger partial charge in [-0.05, 0) is 11.4 Å². The first-order valence-corrected chi connectivity index (χ1v) is 5.61. The predicted molar refractivity (Wildman–Crippen MR) is 59.6 cm³/mol. The zero-order valence-electron chi connectivity index (χ0n) is 8.42. The third-order valence-corrected chi connectivity index (χ3v) is 3.02. The molecular weight excluding hydrogens is 226 g/mol. The van der Waals surface area contributed by atoms with Gasteiger partial charge in [-0.2, -0.15) is 0 Å². The van der Waals surface area contributed by atoms with Crippen molar-refractivity contribution in [2.75, 3.05) is 0 Å². The highest BCUT2D eigenvalue weighted by molar-refractivity contribution is 7.10. The fraction of sp³-hybridized carbons (Fsp3) is 0.200. The Morgan fingerprint density at radius 3 is 3.12 bits per heavy atom. The molecular formula is C10H11N3O2S. The fourth-order valence-electron chi connectivity index (χ4n) is 1.21. The molecule has 0 saturated carbocycles. The summed E-state index contributed by atoms with van der Waals surface area (Å²) in [4.78, 5) is 12.5. The Hall–Kier alpha value is -1.66. The molecule has 1 unspecified atom stereocenters. The third kappa shape index (κ3) is 2.47. The first kappa shape index (κ1) is 10.8. The summed E-state index contributed by atoms with van der Waals surface area (Å²) >= 11 is 1.46. The van der Waals surface area contributed by atoms with Crippen molar-refractivity contribution in [2.24, 2.45) is 5.73 Å². The molecule has 2 aromatic heterocycles. The van der Waals surface area contributed by atoms with Gasteiger partial charge in [0.05, 0.1) is 12.7 Å². The number of thiophene rings is 1. The lowest BCUT2D eigenvalue weighted by atomic mass is 10.2. The van der Waals surface area contributed by atoms with Gasteiger partial charge >= 0.3 is 0 Å². The summed E-state index contributed by atoms with van der Waals surface area (Å²) in [6.45, 7) is 0.303. The minimum Gasteiger partial charge on any atom is -0.360 e. The second-order valence-corrected chi connectivity index (χ2v) is 4.17. The second kappa shape index (κ2) is 4.91. The van der Waals surface area contributed by atoms with Crippen molar-refractivity contribution >= 4 is 17.2 Å². The standard InChI is InChI=1S/C10H11N3O2S/c11-9(8-2-1-5-16-8)10(14)12-6-7-3-4-13-15-7/h1-5,9H,6,11H2,(H,12,14). The van der Waals surface area contributed by atoms with Crippen LogP contribution in [-0.4, -0.2) is 11.1 Å². The quantitative estimate of drug-likeness (QED) is 0.832. The van der Waals surface area contributed by atoms with Crippen molar-refractivity contribution in [3.8, 4) is 0 Å². The summed E-state index contributed by atoms with van der Waals surface area (Å²) in [7, 11) is 0. The van der Waals surface area contributed by atoms with Crippen LogP contribution in [0.15, 0.2) is 34.3 Å². The van der Waals surface area contributed by atoms with Crippen LogP contribution in [0.3, 0.4) is 0 Å². The van der Waals surface area contributed by atoms with Gasteiger partial charge < -0.3 is 15.6 Å². The molecule has 84 valence electrons. The Kier molecular flexibility index (Phi) is 3.33. The van der Waals surface area contributed by atoms with Crippen LogP contribution < -0.4 is 11.1 Å². The minimum atomic E-state index is -0.622. The molecule has 5 nitrogen and oxygen atoms in total. The van der Waals surface area contributed by atoms with Gasteiger partial charge in [0.2, 0.25) is 5.91 Å². The Labute approximate surface area is 96.2 Å². The maximum atomic E-state index is 11.6. The number of aromatic nitrogens is 1. The summed E-state index contributed by atoms with van der Waals surface area (Å²) in [6.07, 6.45) is 1.53. The summed E-state index contributed by atoms with van der Waals surface area (Å²) in [6, 6.07) is 4.77. The molecule has 1 amide bonds. The summed E-state index contributed by atoms with van der Waals surface area (Å²) in [5.41, 5.74) is 5.77. The van der Waals surface area contributed by atoms with Crippen molar-refractivity contribution in [2.45, 2.75) is 12.6 Å². The van der Waals surface area contributed by atoms with E-state index in [0.29, 0.717) is 12.3 Å². The minimum absolute atomic E-state index is 0.223. The van der Waals surface area contributed by atoms with Crippen molar-refractivity contribution in [3.05, 3.63) is 40.4 Å². The van der Waals surface area contributed by atoms with E-state index in [1.807, 2.05) is 17.5 Å². The van der Waals surface area contributed by atoms with Crippen LogP contribution in [0.4, 0.5) is 0 Å². The SMILES string of the molecule is NC(C(=O)NCc1ccno1)c1cccs1. The number of amides is 1. The van der Waals surface area contributed by atoms with Crippen LogP contribution >= 0.6 is 11.3 Å². The molecule has 16 heavy (non-hydrogen) atoms. The van der Waals surface area contributed by atoms with Crippen LogP contribution in [0.5, 0.6) is 0 Å². The van der Waals surface area contributed by atoms with Gasteiger partial charge in [0.25, 0.3) is 0 Å². The molecule has 0 bridgehead atoms. The lowest BCUT2D eigenvalue weighted by molar-refractivity contribution is -0.122. The monoisotopic (exact) mass is 237 g/mol. The number of rotatable bonds is 4. The maximum absolute atomic E-state index is 11.6. The van der Waals surface area contributed by atoms with Gasteiger partial charge in [0.1, 0.15) is 6.04 Å². The van der Waals surface area contributed by atoms with Crippen LogP contribution in [0.25, 0.3) is 0 Å². The number of nitrogens with one attached hydrogen (secondary N) is 1. The van der Waals surface area contributed by atoms with E-state index < -0.39 is 6.04 Å². The Morgan fingerprint density at radius 1 is 1.62 bits per heavy atom. The number of hydrogen-bond donors (Lipinski definition) is 2. The molecule has 0 spiro atoms. The van der Waals surface area contributed by atoms with E-state index in [1.165, 1.54) is 17.5 Å². The van der Waals surface area contributed by atoms with E-state index in [0.717, 1.165) is 4.88 Å². The van der Waals surface area contributed by atoms with Crippen LogP contribution in [-0.2, 0) is 11.3 Å². The normalized spacial score (nSPS) is 12.3. The molecule has 0 aliphatic rings. The van der Waals surface area contributed by atoms with Crippen molar-refractivity contribution in [1.29, 1.82) is 0 Å². The van der Waals surface area contributed by atoms with Gasteiger partial charge in [0, 0.05) is 10.9 Å². The molecule has 0 saturated heterocycles. The zero-order chi connectivity index (χ0) is 11.4. The van der Waals surface area contributed by atoms with Crippen LogP contribution in [0.2, 0.25) is 0 Å². The lowest BCUT2D eigenvalue weighted by Gasteiger charge is -2.08. The van der Waals surface area contributed by atoms with Gasteiger partial charge in [0.15, 0.2) is 5.76 Å². The largest absolute Gasteiger partial charge is 0.360 e. The summed E-state index contributed by atoms with van der Waals surface area (Å²) < 4.78 is 4.85. The molecule has 6 heteroatoms. The van der Waals surface area contributed by atoms with E-state index in [9.17, 15) is 4.79 Å². The van der Waals surface area contributed by atoms with Gasteiger partial charge in [-0.1, -0.05) is 11.2 Å². The van der Waals surface area contributed by atoms with E-state index in [-0.39, 0.29) is 5.91 Å². The maximum Gasteiger partial charge on any atom is 0.242 e. The van der Waals surface area contributed by atoms with E-state index >= 15 is 0 Å². The van der Waals surface area contributed by atoms with Crippen molar-refractivity contribution in [3.63, 3.8) is 0 Å². The van der Waals surface area contributed by atoms with Gasteiger partial charge in [-0.15, -0.1) is 11.3 Å². The van der Waals surface area contributed by atoms with E-state index in [2.05, 4.69) is 10.5 Å². The Bertz CT molecular complexity index is 439. The molecule has 3 N–H and O–H groups in total. The molecule has 2 rings (SSSR count). The number of nitrogens with zero attached hydrogens (tertiary/aromatic N) is 1. The Morgan fingerprint density at radius 2 is 2.50 bits per heavy atom. The van der Waals surface area contributed by atoms with Gasteiger partial charge in [-0.3, -0.25) is 4.79 Å². The lowest BCUT2D eigenvalue weighted by Crippen LogP contribution is -2.33. The molecule has 0 fully saturated rings. The zero-order valence-corrected chi connectivity index (χ0v) is 9.24. The summed E-state index contributed by atoms with van der Waals surface area (Å²) in [5.74, 6) is 0.380. The summed E-state index contributed by atoms with van der Waals surface area (Å²) in [5, 5.41) is 8.11. The first-order valence-electron chi connectivity index (χ1n) is 4.73. The molecule has 2 aromatic rings. The molecule has 0 aliphatic heterocycles. The van der Waals surface area contributed by atoms with Gasteiger partial charge in [-0.25, -0.2) is 0 Å². The van der Waals surface area contributed by atoms with Crippen molar-refractivity contribution in [1.82, 2.24) is 10.5 Å². The smallest absolute Gasteiger partial charge is 0.242 e. The molecule has 2 heterocycles. The molecule has 0 aliphatic carbocycles. The first-order chi connectivity index (χ1) is 7.77. The van der Waals surface area contributed by atoms with Crippen LogP contribution in [0, 0.1) is 0 Å². The molecule has 1 atom stereocenters. The fourth-order valence-corrected chi connectivity index (χ4v) is 1.94. The highest BCUT2D eigenvalue weighted by Crippen LogP contribution is 2.16. The van der Waals surface area contributed by atoms with Crippen LogP contribution in [0.1, 0.15) is 16.7 Å². The number of nitrogens with two attached hydrogens (primary N) is 1.